The van der Waals surface area contributed by atoms with Crippen LogP contribution >= 0.6 is 0 Å². The fourth-order valence-corrected chi connectivity index (χ4v) is 1.97. The maximum atomic E-state index is 14.3. The lowest BCUT2D eigenvalue weighted by Crippen LogP contribution is -2.44. The Morgan fingerprint density at radius 3 is 2.61 bits per heavy atom. The minimum atomic E-state index is -2.59. The van der Waals surface area contributed by atoms with Gasteiger partial charge in [0.15, 0.2) is 18.0 Å². The smallest absolute Gasteiger partial charge is 0.351 e. The fourth-order valence-electron chi connectivity index (χ4n) is 1.97. The number of aliphatic hydroxyl groups excluding tert-OH is 1. The zero-order valence-corrected chi connectivity index (χ0v) is 9.80. The molecule has 0 radical (unpaired) electrons. The Labute approximate surface area is 101 Å². The highest BCUT2D eigenvalue weighted by molar-refractivity contribution is 5.23. The van der Waals surface area contributed by atoms with E-state index in [2.05, 4.69) is 4.98 Å². The van der Waals surface area contributed by atoms with Crippen molar-refractivity contribution in [1.82, 2.24) is 9.55 Å². The molecule has 4 atom stereocenters. The van der Waals surface area contributed by atoms with Gasteiger partial charge in [-0.2, -0.15) is 4.98 Å². The van der Waals surface area contributed by atoms with Crippen LogP contribution in [0.3, 0.4) is 0 Å². The van der Waals surface area contributed by atoms with Crippen molar-refractivity contribution in [3.05, 3.63) is 22.7 Å². The molecule has 6 nitrogen and oxygen atoms in total. The summed E-state index contributed by atoms with van der Waals surface area (Å²) >= 11 is 0. The second-order valence-electron chi connectivity index (χ2n) is 4.55. The number of hydrogen-bond acceptors (Lipinski definition) is 5. The standard InChI is InChI=1S/C10H13F2N3O3/c1-9(11)6(16)10(2,12)18-7(9)15-4-3-5(13)14-8(15)17/h3-4,6-7,16H,1-2H3,(H2,13,14,17)/t6-,7+,9+,10+/m0/s1. The van der Waals surface area contributed by atoms with Gasteiger partial charge in [0.05, 0.1) is 0 Å². The molecule has 1 aliphatic heterocycles. The molecule has 8 heteroatoms. The molecule has 0 aliphatic carbocycles. The van der Waals surface area contributed by atoms with E-state index in [1.54, 1.807) is 0 Å². The monoisotopic (exact) mass is 261 g/mol. The molecule has 0 aromatic carbocycles. The predicted octanol–water partition coefficient (Wildman–Crippen LogP) is 0.129. The van der Waals surface area contributed by atoms with E-state index in [1.807, 2.05) is 0 Å². The Morgan fingerprint density at radius 2 is 2.17 bits per heavy atom. The average Bonchev–Trinajstić information content (AvgIpc) is 2.39. The Hall–Kier alpha value is -1.54. The molecule has 18 heavy (non-hydrogen) atoms. The van der Waals surface area contributed by atoms with Gasteiger partial charge in [0.1, 0.15) is 5.82 Å². The lowest BCUT2D eigenvalue weighted by atomic mass is 9.98. The van der Waals surface area contributed by atoms with Gasteiger partial charge in [-0.15, -0.1) is 0 Å². The van der Waals surface area contributed by atoms with E-state index in [-0.39, 0.29) is 5.82 Å². The van der Waals surface area contributed by atoms with Crippen molar-refractivity contribution in [2.75, 3.05) is 5.73 Å². The van der Waals surface area contributed by atoms with Crippen molar-refractivity contribution >= 4 is 5.82 Å². The molecule has 2 heterocycles. The third-order valence-corrected chi connectivity index (χ3v) is 2.95. The van der Waals surface area contributed by atoms with E-state index in [0.29, 0.717) is 0 Å². The van der Waals surface area contributed by atoms with Crippen molar-refractivity contribution in [2.45, 2.75) is 37.7 Å². The van der Waals surface area contributed by atoms with Gasteiger partial charge in [-0.1, -0.05) is 0 Å². The van der Waals surface area contributed by atoms with Crippen LogP contribution in [0.1, 0.15) is 20.1 Å². The molecule has 1 aromatic heterocycles. The maximum absolute atomic E-state index is 14.3. The van der Waals surface area contributed by atoms with Gasteiger partial charge in [0.25, 0.3) is 0 Å². The Balaban J connectivity index is 2.49. The van der Waals surface area contributed by atoms with Crippen molar-refractivity contribution < 1.29 is 18.6 Å². The van der Waals surface area contributed by atoms with Crippen LogP contribution < -0.4 is 11.4 Å². The van der Waals surface area contributed by atoms with E-state index >= 15 is 0 Å². The second-order valence-corrected chi connectivity index (χ2v) is 4.55. The second kappa shape index (κ2) is 3.72. The van der Waals surface area contributed by atoms with Crippen LogP contribution in [0.25, 0.3) is 0 Å². The number of nitrogens with zero attached hydrogens (tertiary/aromatic N) is 2. The number of alkyl halides is 2. The molecule has 0 saturated carbocycles. The van der Waals surface area contributed by atoms with Crippen LogP contribution in [0.15, 0.2) is 17.1 Å². The molecule has 0 amide bonds. The highest BCUT2D eigenvalue weighted by atomic mass is 19.2. The van der Waals surface area contributed by atoms with Gasteiger partial charge < -0.3 is 15.6 Å². The summed E-state index contributed by atoms with van der Waals surface area (Å²) in [6, 6.07) is 1.25. The number of aliphatic hydroxyl groups is 1. The highest BCUT2D eigenvalue weighted by Gasteiger charge is 2.62. The number of aromatic nitrogens is 2. The molecule has 0 unspecified atom stereocenters. The topological polar surface area (TPSA) is 90.4 Å². The lowest BCUT2D eigenvalue weighted by Gasteiger charge is -2.24. The number of rotatable bonds is 1. The average molecular weight is 261 g/mol. The molecule has 1 fully saturated rings. The first-order valence-corrected chi connectivity index (χ1v) is 5.24. The molecule has 3 N–H and O–H groups in total. The zero-order chi connectivity index (χ0) is 13.7. The van der Waals surface area contributed by atoms with E-state index in [4.69, 9.17) is 10.5 Å². The van der Waals surface area contributed by atoms with Gasteiger partial charge in [-0.3, -0.25) is 4.57 Å². The Bertz CT molecular complexity index is 529. The first-order chi connectivity index (χ1) is 8.16. The molecule has 1 saturated heterocycles. The van der Waals surface area contributed by atoms with E-state index < -0.39 is 29.5 Å². The minimum absolute atomic E-state index is 0.0432. The molecule has 0 spiro atoms. The number of ether oxygens (including phenoxy) is 1. The van der Waals surface area contributed by atoms with Crippen molar-refractivity contribution in [2.24, 2.45) is 0 Å². The molecule has 1 aromatic rings. The van der Waals surface area contributed by atoms with Crippen LogP contribution in [0, 0.1) is 0 Å². The van der Waals surface area contributed by atoms with Gasteiger partial charge in [-0.25, -0.2) is 13.6 Å². The SMILES string of the molecule is C[C@]1(F)[C@H](n2ccc(N)nc2=O)O[C@@](C)(F)[C@H]1O. The number of nitrogen functional groups attached to an aromatic ring is 1. The summed E-state index contributed by atoms with van der Waals surface area (Å²) in [6.45, 7) is 1.85. The summed E-state index contributed by atoms with van der Waals surface area (Å²) in [6.07, 6.45) is -2.48. The summed E-state index contributed by atoms with van der Waals surface area (Å²) in [5.74, 6) is -2.63. The number of halogens is 2. The minimum Gasteiger partial charge on any atom is -0.384 e. The zero-order valence-electron chi connectivity index (χ0n) is 9.80. The van der Waals surface area contributed by atoms with Crippen LogP contribution in [0.5, 0.6) is 0 Å². The lowest BCUT2D eigenvalue weighted by molar-refractivity contribution is -0.174. The van der Waals surface area contributed by atoms with Crippen molar-refractivity contribution in [3.63, 3.8) is 0 Å². The third-order valence-electron chi connectivity index (χ3n) is 2.95. The van der Waals surface area contributed by atoms with Crippen LogP contribution in [0.4, 0.5) is 14.6 Å². The Kier molecular flexibility index (Phi) is 2.67. The van der Waals surface area contributed by atoms with Crippen LogP contribution in [-0.4, -0.2) is 32.3 Å². The van der Waals surface area contributed by atoms with E-state index in [1.165, 1.54) is 6.07 Å². The van der Waals surface area contributed by atoms with Gasteiger partial charge in [0, 0.05) is 6.20 Å². The molecule has 1 aliphatic rings. The van der Waals surface area contributed by atoms with Crippen molar-refractivity contribution in [1.29, 1.82) is 0 Å². The highest BCUT2D eigenvalue weighted by Crippen LogP contribution is 2.46. The molecular formula is C10H13F2N3O3. The van der Waals surface area contributed by atoms with E-state index in [0.717, 1.165) is 24.6 Å². The van der Waals surface area contributed by atoms with Gasteiger partial charge in [-0.05, 0) is 19.9 Å². The van der Waals surface area contributed by atoms with Crippen molar-refractivity contribution in [3.8, 4) is 0 Å². The number of hydrogen-bond donors (Lipinski definition) is 2. The molecule has 2 rings (SSSR count). The number of nitrogens with two attached hydrogens (primary N) is 1. The first-order valence-electron chi connectivity index (χ1n) is 5.24. The fraction of sp³-hybridized carbons (Fsp3) is 0.600. The maximum Gasteiger partial charge on any atom is 0.351 e. The summed E-state index contributed by atoms with van der Waals surface area (Å²) in [5.41, 5.74) is 1.94. The summed E-state index contributed by atoms with van der Waals surface area (Å²) in [5, 5.41) is 9.53. The van der Waals surface area contributed by atoms with Crippen LogP contribution in [-0.2, 0) is 4.74 Å². The summed E-state index contributed by atoms with van der Waals surface area (Å²) in [4.78, 5) is 14.9. The number of anilines is 1. The summed E-state index contributed by atoms with van der Waals surface area (Å²) < 4.78 is 33.6. The molecular weight excluding hydrogens is 248 g/mol. The first kappa shape index (κ1) is 12.9. The van der Waals surface area contributed by atoms with Gasteiger partial charge >= 0.3 is 5.69 Å². The Morgan fingerprint density at radius 1 is 1.56 bits per heavy atom. The molecule has 100 valence electrons. The molecule has 0 bridgehead atoms. The largest absolute Gasteiger partial charge is 0.384 e. The predicted molar refractivity (Wildman–Crippen MR) is 58.1 cm³/mol. The van der Waals surface area contributed by atoms with E-state index in [9.17, 15) is 18.7 Å². The normalized spacial score (nSPS) is 40.1. The summed E-state index contributed by atoms with van der Waals surface area (Å²) in [7, 11) is 0. The quantitative estimate of drug-likeness (QED) is 0.749. The third kappa shape index (κ3) is 1.77. The van der Waals surface area contributed by atoms with Gasteiger partial charge in [0.2, 0.25) is 5.85 Å². The van der Waals surface area contributed by atoms with Crippen LogP contribution in [0.2, 0.25) is 0 Å².